The molecule has 3 aromatic rings. The van der Waals surface area contributed by atoms with Crippen molar-refractivity contribution in [3.05, 3.63) is 83.9 Å². The summed E-state index contributed by atoms with van der Waals surface area (Å²) in [7, 11) is 0. The zero-order chi connectivity index (χ0) is 15.8. The number of hydrogen-bond donors (Lipinski definition) is 3. The van der Waals surface area contributed by atoms with Crippen LogP contribution in [-0.4, -0.2) is 11.7 Å². The summed E-state index contributed by atoms with van der Waals surface area (Å²) in [5.41, 5.74) is 5.71. The lowest BCUT2D eigenvalue weighted by atomic mass is 9.90. The summed E-state index contributed by atoms with van der Waals surface area (Å²) in [6.45, 7) is 0. The molecule has 0 radical (unpaired) electrons. The second-order valence-corrected chi connectivity index (χ2v) is 5.52. The molecule has 0 fully saturated rings. The van der Waals surface area contributed by atoms with Gasteiger partial charge in [-0.05, 0) is 22.3 Å². The molecule has 3 nitrogen and oxygen atoms in total. The predicted octanol–water partition coefficient (Wildman–Crippen LogP) is 4.27. The summed E-state index contributed by atoms with van der Waals surface area (Å²) >= 11 is 0. The van der Waals surface area contributed by atoms with Crippen molar-refractivity contribution in [3.63, 3.8) is 0 Å². The number of amidine groups is 2. The SMILES string of the molecule is N=C1NC(=N)c2c(-c3ccccc3)ccc(-c3ccccc3)c21. The summed E-state index contributed by atoms with van der Waals surface area (Å²) in [4.78, 5) is 0. The molecular formula is C20H15N3. The second-order valence-electron chi connectivity index (χ2n) is 5.52. The van der Waals surface area contributed by atoms with Gasteiger partial charge >= 0.3 is 0 Å². The molecule has 0 unspecified atom stereocenters. The van der Waals surface area contributed by atoms with Gasteiger partial charge in [0, 0.05) is 11.1 Å². The van der Waals surface area contributed by atoms with Gasteiger partial charge in [-0.3, -0.25) is 10.8 Å². The molecular weight excluding hydrogens is 282 g/mol. The second kappa shape index (κ2) is 5.21. The lowest BCUT2D eigenvalue weighted by Gasteiger charge is -2.12. The van der Waals surface area contributed by atoms with E-state index in [1.54, 1.807) is 0 Å². The van der Waals surface area contributed by atoms with E-state index in [0.29, 0.717) is 11.7 Å². The Hall–Kier alpha value is -3.20. The van der Waals surface area contributed by atoms with Crippen molar-refractivity contribution < 1.29 is 0 Å². The third kappa shape index (κ3) is 2.14. The maximum atomic E-state index is 8.26. The first kappa shape index (κ1) is 13.5. The molecule has 0 amide bonds. The number of rotatable bonds is 2. The third-order valence-electron chi connectivity index (χ3n) is 4.12. The van der Waals surface area contributed by atoms with Gasteiger partial charge in [0.1, 0.15) is 11.7 Å². The molecule has 0 aliphatic carbocycles. The summed E-state index contributed by atoms with van der Waals surface area (Å²) in [6.07, 6.45) is 0. The highest BCUT2D eigenvalue weighted by Crippen LogP contribution is 2.35. The first-order valence-electron chi connectivity index (χ1n) is 7.48. The van der Waals surface area contributed by atoms with Crippen molar-refractivity contribution in [2.75, 3.05) is 0 Å². The molecule has 4 rings (SSSR count). The quantitative estimate of drug-likeness (QED) is 0.650. The van der Waals surface area contributed by atoms with Gasteiger partial charge in [0.25, 0.3) is 0 Å². The van der Waals surface area contributed by atoms with Crippen LogP contribution in [0.5, 0.6) is 0 Å². The predicted molar refractivity (Wildman–Crippen MR) is 94.1 cm³/mol. The topological polar surface area (TPSA) is 59.7 Å². The largest absolute Gasteiger partial charge is 0.325 e. The fourth-order valence-corrected chi connectivity index (χ4v) is 3.09. The molecule has 0 atom stereocenters. The molecule has 1 heterocycles. The molecule has 0 saturated carbocycles. The third-order valence-corrected chi connectivity index (χ3v) is 4.12. The highest BCUT2D eigenvalue weighted by molar-refractivity contribution is 6.28. The van der Waals surface area contributed by atoms with E-state index in [1.807, 2.05) is 72.8 Å². The molecule has 1 aliphatic heterocycles. The van der Waals surface area contributed by atoms with E-state index in [4.69, 9.17) is 10.8 Å². The summed E-state index contributed by atoms with van der Waals surface area (Å²) in [5.74, 6) is 0.586. The van der Waals surface area contributed by atoms with Crippen molar-refractivity contribution in [2.45, 2.75) is 0 Å². The zero-order valence-corrected chi connectivity index (χ0v) is 12.4. The Labute approximate surface area is 134 Å². The maximum absolute atomic E-state index is 8.26. The van der Waals surface area contributed by atoms with Gasteiger partial charge in [-0.1, -0.05) is 72.8 Å². The Bertz CT molecular complexity index is 836. The molecule has 0 spiro atoms. The normalized spacial score (nSPS) is 12.9. The fraction of sp³-hybridized carbons (Fsp3) is 0. The van der Waals surface area contributed by atoms with E-state index in [1.165, 1.54) is 0 Å². The summed E-state index contributed by atoms with van der Waals surface area (Å²) < 4.78 is 0. The standard InChI is InChI=1S/C20H15N3/c21-19-17-15(13-7-3-1-4-8-13)11-12-16(18(17)20(22)23-19)14-9-5-2-6-10-14/h1-12H,(H3,21,22,23). The van der Waals surface area contributed by atoms with Gasteiger partial charge in [-0.25, -0.2) is 0 Å². The van der Waals surface area contributed by atoms with Crippen molar-refractivity contribution in [2.24, 2.45) is 0 Å². The Kier molecular flexibility index (Phi) is 3.05. The minimum Gasteiger partial charge on any atom is -0.325 e. The highest BCUT2D eigenvalue weighted by atomic mass is 15.0. The molecule has 3 aromatic carbocycles. The van der Waals surface area contributed by atoms with E-state index < -0.39 is 0 Å². The van der Waals surface area contributed by atoms with Crippen LogP contribution in [0.1, 0.15) is 11.1 Å². The molecule has 0 bridgehead atoms. The first-order chi connectivity index (χ1) is 11.3. The van der Waals surface area contributed by atoms with Crippen molar-refractivity contribution in [1.82, 2.24) is 5.32 Å². The molecule has 110 valence electrons. The van der Waals surface area contributed by atoms with Gasteiger partial charge in [-0.15, -0.1) is 0 Å². The molecule has 3 heteroatoms. The summed E-state index contributed by atoms with van der Waals surface area (Å²) in [6, 6.07) is 24.2. The Balaban J connectivity index is 2.01. The van der Waals surface area contributed by atoms with E-state index >= 15 is 0 Å². The lowest BCUT2D eigenvalue weighted by Crippen LogP contribution is -2.20. The van der Waals surface area contributed by atoms with Gasteiger partial charge in [0.2, 0.25) is 0 Å². The van der Waals surface area contributed by atoms with Crippen LogP contribution in [0.2, 0.25) is 0 Å². The van der Waals surface area contributed by atoms with E-state index in [2.05, 4.69) is 5.32 Å². The Morgan fingerprint density at radius 1 is 0.522 bits per heavy atom. The van der Waals surface area contributed by atoms with Crippen LogP contribution < -0.4 is 5.32 Å². The average Bonchev–Trinajstić information content (AvgIpc) is 2.91. The van der Waals surface area contributed by atoms with Crippen molar-refractivity contribution >= 4 is 11.7 Å². The minimum absolute atomic E-state index is 0.293. The van der Waals surface area contributed by atoms with Gasteiger partial charge in [0.05, 0.1) is 0 Å². The smallest absolute Gasteiger partial charge is 0.132 e. The number of nitrogens with one attached hydrogen (secondary N) is 3. The van der Waals surface area contributed by atoms with Gasteiger partial charge in [0.15, 0.2) is 0 Å². The van der Waals surface area contributed by atoms with Crippen LogP contribution in [0.3, 0.4) is 0 Å². The maximum Gasteiger partial charge on any atom is 0.132 e. The van der Waals surface area contributed by atoms with E-state index in [9.17, 15) is 0 Å². The zero-order valence-electron chi connectivity index (χ0n) is 12.4. The highest BCUT2D eigenvalue weighted by Gasteiger charge is 2.28. The molecule has 0 aromatic heterocycles. The molecule has 0 saturated heterocycles. The van der Waals surface area contributed by atoms with Crippen molar-refractivity contribution in [3.8, 4) is 22.3 Å². The minimum atomic E-state index is 0.293. The average molecular weight is 297 g/mol. The van der Waals surface area contributed by atoms with E-state index in [0.717, 1.165) is 33.4 Å². The first-order valence-corrected chi connectivity index (χ1v) is 7.48. The van der Waals surface area contributed by atoms with Crippen LogP contribution in [0.4, 0.5) is 0 Å². The summed E-state index contributed by atoms with van der Waals surface area (Å²) in [5, 5.41) is 19.4. The molecule has 23 heavy (non-hydrogen) atoms. The fourth-order valence-electron chi connectivity index (χ4n) is 3.09. The van der Waals surface area contributed by atoms with Crippen LogP contribution >= 0.6 is 0 Å². The number of hydrogen-bond acceptors (Lipinski definition) is 2. The van der Waals surface area contributed by atoms with E-state index in [-0.39, 0.29) is 0 Å². The van der Waals surface area contributed by atoms with Crippen LogP contribution in [0, 0.1) is 10.8 Å². The molecule has 3 N–H and O–H groups in total. The number of benzene rings is 3. The van der Waals surface area contributed by atoms with Crippen LogP contribution in [0.15, 0.2) is 72.8 Å². The monoisotopic (exact) mass is 297 g/mol. The van der Waals surface area contributed by atoms with Crippen LogP contribution in [-0.2, 0) is 0 Å². The van der Waals surface area contributed by atoms with Crippen molar-refractivity contribution in [1.29, 1.82) is 10.8 Å². The van der Waals surface area contributed by atoms with Gasteiger partial charge < -0.3 is 5.32 Å². The van der Waals surface area contributed by atoms with Crippen LogP contribution in [0.25, 0.3) is 22.3 Å². The Morgan fingerprint density at radius 2 is 0.913 bits per heavy atom. The molecule has 1 aliphatic rings. The van der Waals surface area contributed by atoms with Gasteiger partial charge in [-0.2, -0.15) is 0 Å². The lowest BCUT2D eigenvalue weighted by molar-refractivity contribution is 1.29. The Morgan fingerprint density at radius 3 is 1.30 bits per heavy atom. The number of fused-ring (bicyclic) bond motifs is 1.